The molecule has 3 aromatic rings. The van der Waals surface area contributed by atoms with Crippen LogP contribution in [0, 0.1) is 11.6 Å². The summed E-state index contributed by atoms with van der Waals surface area (Å²) in [6.45, 7) is 3.42. The van der Waals surface area contributed by atoms with E-state index >= 15 is 0 Å². The summed E-state index contributed by atoms with van der Waals surface area (Å²) in [7, 11) is 0. The summed E-state index contributed by atoms with van der Waals surface area (Å²) in [4.78, 5) is 27.6. The zero-order valence-electron chi connectivity index (χ0n) is 16.8. The number of carbonyl (C=O) groups is 1. The van der Waals surface area contributed by atoms with Crippen molar-refractivity contribution in [3.8, 4) is 0 Å². The van der Waals surface area contributed by atoms with Gasteiger partial charge in [0.25, 0.3) is 0 Å². The van der Waals surface area contributed by atoms with E-state index in [9.17, 15) is 13.6 Å². The normalized spacial score (nSPS) is 14.1. The summed E-state index contributed by atoms with van der Waals surface area (Å²) in [5.41, 5.74) is 2.67. The van der Waals surface area contributed by atoms with Gasteiger partial charge in [0.05, 0.1) is 34.6 Å². The minimum Gasteiger partial charge on any atom is -0.351 e. The molecule has 2 aromatic heterocycles. The molecule has 1 aliphatic rings. The van der Waals surface area contributed by atoms with E-state index in [-0.39, 0.29) is 6.42 Å². The van der Waals surface area contributed by atoms with Crippen LogP contribution in [0.2, 0.25) is 5.02 Å². The van der Waals surface area contributed by atoms with Gasteiger partial charge in [0.2, 0.25) is 0 Å². The quantitative estimate of drug-likeness (QED) is 0.527. The number of halogens is 3. The molecule has 0 amide bonds. The fourth-order valence-corrected chi connectivity index (χ4v) is 3.81. The van der Waals surface area contributed by atoms with E-state index < -0.39 is 23.0 Å². The molecule has 0 saturated carbocycles. The Bertz CT molecular complexity index is 1140. The molecule has 31 heavy (non-hydrogen) atoms. The number of carbonyl (C=O) groups excluding carboxylic acids is 1. The largest absolute Gasteiger partial charge is 0.351 e. The van der Waals surface area contributed by atoms with E-state index in [0.717, 1.165) is 36.5 Å². The van der Waals surface area contributed by atoms with Gasteiger partial charge >= 0.3 is 0 Å². The van der Waals surface area contributed by atoms with E-state index in [1.54, 1.807) is 24.5 Å². The SMILES string of the molecule is CC1=C(c2cnc(CC(=O)c3c(F)cccc3F)cn2)CN(c2ncccc2Cl)CC1. The highest BCUT2D eigenvalue weighted by molar-refractivity contribution is 6.32. The predicted molar refractivity (Wildman–Crippen MR) is 115 cm³/mol. The average molecular weight is 441 g/mol. The third-order valence-corrected chi connectivity index (χ3v) is 5.55. The third kappa shape index (κ3) is 4.46. The van der Waals surface area contributed by atoms with Gasteiger partial charge in [-0.15, -0.1) is 0 Å². The molecule has 5 nitrogen and oxygen atoms in total. The second kappa shape index (κ2) is 8.89. The van der Waals surface area contributed by atoms with Gasteiger partial charge in [-0.25, -0.2) is 13.8 Å². The molecule has 0 spiro atoms. The number of aromatic nitrogens is 3. The van der Waals surface area contributed by atoms with Gasteiger partial charge < -0.3 is 4.90 Å². The Morgan fingerprint density at radius 1 is 1.10 bits per heavy atom. The molecule has 158 valence electrons. The number of ketones is 1. The Labute approximate surface area is 183 Å². The summed E-state index contributed by atoms with van der Waals surface area (Å²) >= 11 is 6.30. The van der Waals surface area contributed by atoms with Gasteiger partial charge in [0.15, 0.2) is 5.78 Å². The summed E-state index contributed by atoms with van der Waals surface area (Å²) in [6.07, 6.45) is 5.35. The van der Waals surface area contributed by atoms with E-state index in [4.69, 9.17) is 11.6 Å². The summed E-state index contributed by atoms with van der Waals surface area (Å²) in [6, 6.07) is 6.93. The van der Waals surface area contributed by atoms with Gasteiger partial charge in [0, 0.05) is 25.5 Å². The molecule has 0 saturated heterocycles. The first-order valence-electron chi connectivity index (χ1n) is 9.76. The number of anilines is 1. The van der Waals surface area contributed by atoms with Crippen LogP contribution in [0.1, 0.15) is 35.1 Å². The van der Waals surface area contributed by atoms with Crippen LogP contribution in [0.4, 0.5) is 14.6 Å². The standard InChI is InChI=1S/C23H19ClF2N4O/c1-14-7-9-30(23-17(24)4-3-8-27-23)13-16(14)20-12-28-15(11-29-20)10-21(31)22-18(25)5-2-6-19(22)26/h2-6,8,11-12H,7,9-10,13H2,1H3. The maximum atomic E-state index is 13.8. The Morgan fingerprint density at radius 3 is 2.55 bits per heavy atom. The molecule has 0 atom stereocenters. The molecule has 0 fully saturated rings. The van der Waals surface area contributed by atoms with E-state index in [2.05, 4.69) is 19.9 Å². The Morgan fingerprint density at radius 2 is 1.87 bits per heavy atom. The lowest BCUT2D eigenvalue weighted by atomic mass is 9.99. The zero-order valence-corrected chi connectivity index (χ0v) is 17.5. The van der Waals surface area contributed by atoms with Gasteiger partial charge in [-0.2, -0.15) is 0 Å². The van der Waals surface area contributed by atoms with Gasteiger partial charge in [-0.1, -0.05) is 23.2 Å². The average Bonchev–Trinajstić information content (AvgIpc) is 2.75. The molecule has 0 aliphatic carbocycles. The minimum absolute atomic E-state index is 0.237. The van der Waals surface area contributed by atoms with Crippen LogP contribution in [0.15, 0.2) is 54.5 Å². The summed E-state index contributed by atoms with van der Waals surface area (Å²) in [5, 5.41) is 0.585. The molecule has 0 N–H and O–H groups in total. The second-order valence-corrected chi connectivity index (χ2v) is 7.74. The van der Waals surface area contributed by atoms with Gasteiger partial charge in [-0.05, 0) is 43.2 Å². The lowest BCUT2D eigenvalue weighted by Gasteiger charge is -2.31. The molecule has 8 heteroatoms. The van der Waals surface area contributed by atoms with Gasteiger partial charge in [0.1, 0.15) is 17.5 Å². The predicted octanol–water partition coefficient (Wildman–Crippen LogP) is 4.91. The number of Topliss-reactive ketones (excluding diaryl/α,β-unsaturated/α-hetero) is 1. The minimum atomic E-state index is -0.883. The molecule has 0 radical (unpaired) electrons. The molecule has 1 aliphatic heterocycles. The maximum absolute atomic E-state index is 13.8. The fourth-order valence-electron chi connectivity index (χ4n) is 3.57. The number of hydrogen-bond donors (Lipinski definition) is 0. The monoisotopic (exact) mass is 440 g/mol. The van der Waals surface area contributed by atoms with Crippen molar-refractivity contribution in [1.29, 1.82) is 0 Å². The summed E-state index contributed by atoms with van der Waals surface area (Å²) in [5.74, 6) is -1.73. The Balaban J connectivity index is 1.52. The van der Waals surface area contributed by atoms with E-state index in [1.165, 1.54) is 17.8 Å². The van der Waals surface area contributed by atoms with Gasteiger partial charge in [-0.3, -0.25) is 14.8 Å². The van der Waals surface area contributed by atoms with Crippen LogP contribution in [-0.2, 0) is 6.42 Å². The number of rotatable bonds is 5. The molecule has 0 unspecified atom stereocenters. The van der Waals surface area contributed by atoms with Crippen molar-refractivity contribution >= 4 is 28.8 Å². The number of hydrogen-bond acceptors (Lipinski definition) is 5. The molecule has 1 aromatic carbocycles. The lowest BCUT2D eigenvalue weighted by Crippen LogP contribution is -2.32. The lowest BCUT2D eigenvalue weighted by molar-refractivity contribution is 0.0983. The Hall–Kier alpha value is -3.19. The number of pyridine rings is 1. The van der Waals surface area contributed by atoms with Crippen molar-refractivity contribution in [2.24, 2.45) is 0 Å². The molecular weight excluding hydrogens is 422 g/mol. The topological polar surface area (TPSA) is 59.0 Å². The van der Waals surface area contributed by atoms with Crippen LogP contribution in [0.3, 0.4) is 0 Å². The maximum Gasteiger partial charge on any atom is 0.174 e. The smallest absolute Gasteiger partial charge is 0.174 e. The Kier molecular flexibility index (Phi) is 6.04. The van der Waals surface area contributed by atoms with Crippen LogP contribution >= 0.6 is 11.6 Å². The van der Waals surface area contributed by atoms with Crippen molar-refractivity contribution in [3.05, 3.63) is 88.1 Å². The summed E-state index contributed by atoms with van der Waals surface area (Å²) < 4.78 is 27.7. The molecule has 3 heterocycles. The van der Waals surface area contributed by atoms with Crippen LogP contribution in [-0.4, -0.2) is 33.8 Å². The number of benzene rings is 1. The third-order valence-electron chi connectivity index (χ3n) is 5.26. The van der Waals surface area contributed by atoms with Crippen LogP contribution in [0.5, 0.6) is 0 Å². The second-order valence-electron chi connectivity index (χ2n) is 7.33. The first-order valence-corrected chi connectivity index (χ1v) is 10.1. The molecule has 0 bridgehead atoms. The van der Waals surface area contributed by atoms with E-state index in [1.807, 2.05) is 6.92 Å². The van der Waals surface area contributed by atoms with Crippen molar-refractivity contribution in [2.75, 3.05) is 18.0 Å². The van der Waals surface area contributed by atoms with Crippen molar-refractivity contribution in [3.63, 3.8) is 0 Å². The number of nitrogens with zero attached hydrogens (tertiary/aromatic N) is 4. The van der Waals surface area contributed by atoms with Crippen LogP contribution in [0.25, 0.3) is 5.57 Å². The highest BCUT2D eigenvalue weighted by Crippen LogP contribution is 2.31. The molecular formula is C23H19ClF2N4O. The first-order chi connectivity index (χ1) is 14.9. The highest BCUT2D eigenvalue weighted by atomic mass is 35.5. The highest BCUT2D eigenvalue weighted by Gasteiger charge is 2.22. The zero-order chi connectivity index (χ0) is 22.0. The first kappa shape index (κ1) is 21.1. The van der Waals surface area contributed by atoms with E-state index in [0.29, 0.717) is 23.0 Å². The van der Waals surface area contributed by atoms with Crippen LogP contribution < -0.4 is 4.90 Å². The fraction of sp³-hybridized carbons (Fsp3) is 0.217. The van der Waals surface area contributed by atoms with Crippen molar-refractivity contribution in [2.45, 2.75) is 19.8 Å². The molecule has 4 rings (SSSR count). The van der Waals surface area contributed by atoms with Crippen molar-refractivity contribution in [1.82, 2.24) is 15.0 Å². The van der Waals surface area contributed by atoms with Crippen molar-refractivity contribution < 1.29 is 13.6 Å².